The van der Waals surface area contributed by atoms with E-state index < -0.39 is 34.0 Å². The van der Waals surface area contributed by atoms with E-state index in [9.17, 15) is 18.0 Å². The Morgan fingerprint density at radius 3 is 2.19 bits per heavy atom. The van der Waals surface area contributed by atoms with Gasteiger partial charge < -0.3 is 4.74 Å². The van der Waals surface area contributed by atoms with Gasteiger partial charge in [0.05, 0.1) is 21.2 Å². The summed E-state index contributed by atoms with van der Waals surface area (Å²) in [4.78, 5) is 25.2. The van der Waals surface area contributed by atoms with Gasteiger partial charge in [-0.2, -0.15) is 4.31 Å². The fourth-order valence-electron chi connectivity index (χ4n) is 2.77. The minimum Gasteiger partial charge on any atom is -0.436 e. The Labute approximate surface area is 166 Å². The van der Waals surface area contributed by atoms with Gasteiger partial charge in [0.2, 0.25) is 0 Å². The minimum atomic E-state index is -4.15. The minimum absolute atomic E-state index is 0.0370. The maximum absolute atomic E-state index is 12.9. The zero-order chi connectivity index (χ0) is 19.9. The highest BCUT2D eigenvalue weighted by atomic mass is 35.5. The second-order valence-electron chi connectivity index (χ2n) is 6.24. The maximum atomic E-state index is 12.9. The molecule has 0 bridgehead atoms. The van der Waals surface area contributed by atoms with Crippen LogP contribution in [0, 0.1) is 5.92 Å². The van der Waals surface area contributed by atoms with Crippen LogP contribution in [-0.2, 0) is 14.8 Å². The Hall–Kier alpha value is -2.09. The van der Waals surface area contributed by atoms with Crippen LogP contribution >= 0.6 is 23.2 Å². The molecule has 0 aromatic heterocycles. The molecule has 0 fully saturated rings. The van der Waals surface area contributed by atoms with Crippen LogP contribution < -0.4 is 0 Å². The predicted octanol–water partition coefficient (Wildman–Crippen LogP) is 3.98. The molecule has 2 aromatic rings. The Morgan fingerprint density at radius 1 is 1.04 bits per heavy atom. The van der Waals surface area contributed by atoms with Gasteiger partial charge >= 0.3 is 5.97 Å². The molecule has 142 valence electrons. The van der Waals surface area contributed by atoms with Crippen molar-refractivity contribution in [2.75, 3.05) is 0 Å². The molecule has 3 rings (SSSR count). The molecule has 6 nitrogen and oxygen atoms in total. The highest BCUT2D eigenvalue weighted by molar-refractivity contribution is 7.90. The standard InChI is InChI=1S/C18H15Cl2NO5S/c1-10(2)17(26-18(23)15-12(19)7-5-8-13(15)20)21-16(22)11-6-3-4-9-14(11)27(21,24)25/h3-10,17H,1-2H3. The molecule has 1 atom stereocenters. The molecule has 0 aliphatic carbocycles. The number of ether oxygens (including phenoxy) is 1. The summed E-state index contributed by atoms with van der Waals surface area (Å²) in [5.74, 6) is -2.17. The molecule has 0 radical (unpaired) electrons. The van der Waals surface area contributed by atoms with Crippen molar-refractivity contribution >= 4 is 45.1 Å². The number of amides is 1. The Bertz CT molecular complexity index is 1020. The number of rotatable bonds is 4. The lowest BCUT2D eigenvalue weighted by molar-refractivity contribution is -0.0168. The van der Waals surface area contributed by atoms with E-state index in [1.807, 2.05) is 0 Å². The van der Waals surface area contributed by atoms with Crippen molar-refractivity contribution in [3.63, 3.8) is 0 Å². The highest BCUT2D eigenvalue weighted by Crippen LogP contribution is 2.35. The molecule has 2 aromatic carbocycles. The third-order valence-electron chi connectivity index (χ3n) is 4.05. The Morgan fingerprint density at radius 2 is 1.63 bits per heavy atom. The molecule has 0 N–H and O–H groups in total. The van der Waals surface area contributed by atoms with Crippen molar-refractivity contribution in [1.82, 2.24) is 4.31 Å². The maximum Gasteiger partial charge on any atom is 0.343 e. The molecule has 1 aliphatic rings. The van der Waals surface area contributed by atoms with Gasteiger partial charge in [0.15, 0.2) is 6.23 Å². The summed E-state index contributed by atoms with van der Waals surface area (Å²) < 4.78 is 31.7. The van der Waals surface area contributed by atoms with Crippen molar-refractivity contribution in [2.24, 2.45) is 5.92 Å². The number of hydrogen-bond donors (Lipinski definition) is 0. The predicted molar refractivity (Wildman–Crippen MR) is 100 cm³/mol. The summed E-state index contributed by atoms with van der Waals surface area (Å²) in [7, 11) is -4.15. The first-order valence-corrected chi connectivity index (χ1v) is 10.2. The van der Waals surface area contributed by atoms with Gasteiger partial charge in [-0.1, -0.05) is 55.2 Å². The number of sulfonamides is 1. The summed E-state index contributed by atoms with van der Waals surface area (Å²) in [5, 5.41) is 0.128. The van der Waals surface area contributed by atoms with Crippen LogP contribution in [-0.4, -0.2) is 30.8 Å². The zero-order valence-corrected chi connectivity index (χ0v) is 16.7. The molecule has 0 saturated heterocycles. The van der Waals surface area contributed by atoms with E-state index in [0.717, 1.165) is 0 Å². The Balaban J connectivity index is 2.01. The fraction of sp³-hybridized carbons (Fsp3) is 0.222. The summed E-state index contributed by atoms with van der Waals surface area (Å²) in [6.07, 6.45) is -1.35. The number of halogens is 2. The van der Waals surface area contributed by atoms with E-state index in [1.165, 1.54) is 30.3 Å². The molecule has 27 heavy (non-hydrogen) atoms. The van der Waals surface area contributed by atoms with Gasteiger partial charge in [0.25, 0.3) is 15.9 Å². The summed E-state index contributed by atoms with van der Waals surface area (Å²) in [6.45, 7) is 3.27. The van der Waals surface area contributed by atoms with Gasteiger partial charge in [-0.25, -0.2) is 13.2 Å². The highest BCUT2D eigenvalue weighted by Gasteiger charge is 2.47. The lowest BCUT2D eigenvalue weighted by atomic mass is 10.1. The fourth-order valence-corrected chi connectivity index (χ4v) is 5.09. The third-order valence-corrected chi connectivity index (χ3v) is 6.48. The van der Waals surface area contributed by atoms with Gasteiger partial charge in [-0.05, 0) is 24.3 Å². The quantitative estimate of drug-likeness (QED) is 0.689. The van der Waals surface area contributed by atoms with Gasteiger partial charge in [-0.3, -0.25) is 4.79 Å². The van der Waals surface area contributed by atoms with E-state index in [4.69, 9.17) is 27.9 Å². The lowest BCUT2D eigenvalue weighted by Crippen LogP contribution is -2.45. The van der Waals surface area contributed by atoms with Crippen LogP contribution in [0.25, 0.3) is 0 Å². The number of esters is 1. The number of nitrogens with zero attached hydrogens (tertiary/aromatic N) is 1. The first kappa shape index (κ1) is 19.7. The Kier molecular flexibility index (Phi) is 5.20. The number of carbonyl (C=O) groups is 2. The van der Waals surface area contributed by atoms with Crippen LogP contribution in [0.5, 0.6) is 0 Å². The molecule has 1 aliphatic heterocycles. The monoisotopic (exact) mass is 427 g/mol. The van der Waals surface area contributed by atoms with Gasteiger partial charge in [0, 0.05) is 5.92 Å². The average molecular weight is 428 g/mol. The average Bonchev–Trinajstić information content (AvgIpc) is 2.79. The molecule has 1 heterocycles. The molecule has 0 saturated carbocycles. The van der Waals surface area contributed by atoms with Gasteiger partial charge in [-0.15, -0.1) is 0 Å². The molecule has 1 unspecified atom stereocenters. The van der Waals surface area contributed by atoms with E-state index in [-0.39, 0.29) is 26.1 Å². The van der Waals surface area contributed by atoms with Crippen LogP contribution in [0.2, 0.25) is 10.0 Å². The second-order valence-corrected chi connectivity index (χ2v) is 8.84. The summed E-state index contributed by atoms with van der Waals surface area (Å²) in [6, 6.07) is 10.3. The number of carbonyl (C=O) groups excluding carboxylic acids is 2. The number of hydrogen-bond acceptors (Lipinski definition) is 5. The third kappa shape index (κ3) is 3.31. The molecule has 9 heteroatoms. The second kappa shape index (κ2) is 7.14. The smallest absolute Gasteiger partial charge is 0.343 e. The molecular weight excluding hydrogens is 413 g/mol. The van der Waals surface area contributed by atoms with Crippen molar-refractivity contribution in [2.45, 2.75) is 25.0 Å². The van der Waals surface area contributed by atoms with Crippen LogP contribution in [0.1, 0.15) is 34.6 Å². The van der Waals surface area contributed by atoms with E-state index in [1.54, 1.807) is 26.0 Å². The van der Waals surface area contributed by atoms with Crippen LogP contribution in [0.4, 0.5) is 0 Å². The zero-order valence-electron chi connectivity index (χ0n) is 14.3. The first-order chi connectivity index (χ1) is 12.7. The topological polar surface area (TPSA) is 80.8 Å². The SMILES string of the molecule is CC(C)C(OC(=O)c1c(Cl)cccc1Cl)N1C(=O)c2ccccc2S1(=O)=O. The number of benzene rings is 2. The summed E-state index contributed by atoms with van der Waals surface area (Å²) in [5.41, 5.74) is -0.0528. The van der Waals surface area contributed by atoms with Crippen molar-refractivity contribution < 1.29 is 22.7 Å². The van der Waals surface area contributed by atoms with Crippen LogP contribution in [0.3, 0.4) is 0 Å². The van der Waals surface area contributed by atoms with Crippen molar-refractivity contribution in [3.8, 4) is 0 Å². The van der Waals surface area contributed by atoms with Crippen molar-refractivity contribution in [1.29, 1.82) is 0 Å². The molecule has 0 spiro atoms. The van der Waals surface area contributed by atoms with Crippen molar-refractivity contribution in [3.05, 3.63) is 63.6 Å². The van der Waals surface area contributed by atoms with E-state index in [2.05, 4.69) is 0 Å². The lowest BCUT2D eigenvalue weighted by Gasteiger charge is -2.29. The first-order valence-electron chi connectivity index (χ1n) is 7.99. The van der Waals surface area contributed by atoms with Crippen LogP contribution in [0.15, 0.2) is 47.4 Å². The summed E-state index contributed by atoms with van der Waals surface area (Å²) >= 11 is 12.0. The normalized spacial score (nSPS) is 16.3. The van der Waals surface area contributed by atoms with E-state index in [0.29, 0.717) is 4.31 Å². The number of fused-ring (bicyclic) bond motifs is 1. The molecular formula is C18H15Cl2NO5S. The van der Waals surface area contributed by atoms with Gasteiger partial charge in [0.1, 0.15) is 4.90 Å². The van der Waals surface area contributed by atoms with E-state index >= 15 is 0 Å². The molecule has 1 amide bonds. The largest absolute Gasteiger partial charge is 0.436 e.